The molecule has 0 fully saturated rings. The Bertz CT molecular complexity index is 1710. The van der Waals surface area contributed by atoms with Gasteiger partial charge in [0.15, 0.2) is 5.76 Å². The minimum Gasteiger partial charge on any atom is -0.459 e. The fraction of sp³-hybridized carbons (Fsp3) is 0.0769. The van der Waals surface area contributed by atoms with E-state index in [1.165, 1.54) is 30.5 Å². The quantitative estimate of drug-likeness (QED) is 0.127. The average Bonchev–Trinajstić information content (AvgIpc) is 3.48. The van der Waals surface area contributed by atoms with Crippen molar-refractivity contribution in [2.24, 2.45) is 0 Å². The Balaban J connectivity index is 0.000000241. The van der Waals surface area contributed by atoms with Crippen molar-refractivity contribution in [3.63, 3.8) is 0 Å². The number of carbonyl (C=O) groups is 2. The van der Waals surface area contributed by atoms with Crippen molar-refractivity contribution in [3.8, 4) is 0 Å². The number of nitrogens with one attached hydrogen (secondary N) is 2. The van der Waals surface area contributed by atoms with Gasteiger partial charge in [-0.2, -0.15) is 26.3 Å². The van der Waals surface area contributed by atoms with Crippen LogP contribution in [-0.2, 0) is 12.4 Å². The van der Waals surface area contributed by atoms with Gasteiger partial charge in [-0.05, 0) is 36.4 Å². The largest absolute Gasteiger partial charge is 0.459 e. The van der Waals surface area contributed by atoms with Crippen molar-refractivity contribution < 1.29 is 54.6 Å². The highest BCUT2D eigenvalue weighted by Crippen LogP contribution is 2.38. The molecule has 0 aliphatic carbocycles. The van der Waals surface area contributed by atoms with Crippen LogP contribution >= 0.6 is 0 Å². The van der Waals surface area contributed by atoms with E-state index in [4.69, 9.17) is 4.42 Å². The smallest absolute Gasteiger partial charge is 0.418 e. The number of alkyl halides is 6. The molecular weight excluding hydrogens is 613 g/mol. The van der Waals surface area contributed by atoms with E-state index in [9.17, 15) is 60.6 Å². The summed E-state index contributed by atoms with van der Waals surface area (Å²) >= 11 is 0. The number of anilines is 2. The Kier molecular flexibility index (Phi) is 9.67. The Morgan fingerprint density at radius 3 is 1.57 bits per heavy atom. The predicted molar refractivity (Wildman–Crippen MR) is 137 cm³/mol. The van der Waals surface area contributed by atoms with Crippen molar-refractivity contribution in [3.05, 3.63) is 128 Å². The highest BCUT2D eigenvalue weighted by Gasteiger charge is 2.37. The molecule has 0 aliphatic rings. The fourth-order valence-corrected chi connectivity index (χ4v) is 3.41. The zero-order valence-corrected chi connectivity index (χ0v) is 21.4. The number of nitro benzene ring substituents is 2. The van der Waals surface area contributed by atoms with Crippen LogP contribution in [0.1, 0.15) is 32.0 Å². The molecule has 0 saturated carbocycles. The summed E-state index contributed by atoms with van der Waals surface area (Å²) in [6, 6.07) is 11.3. The number of nitrogens with zero attached hydrogens (tertiary/aromatic N) is 2. The van der Waals surface area contributed by atoms with Crippen LogP contribution in [-0.4, -0.2) is 21.7 Å². The van der Waals surface area contributed by atoms with E-state index in [2.05, 4.69) is 0 Å². The zero-order valence-electron chi connectivity index (χ0n) is 21.4. The number of non-ortho nitro benzene ring substituents is 2. The molecule has 1 aromatic heterocycles. The van der Waals surface area contributed by atoms with E-state index in [-0.39, 0.29) is 5.76 Å². The number of amides is 2. The Labute approximate surface area is 240 Å². The molecule has 4 aromatic rings. The predicted octanol–water partition coefficient (Wildman–Crippen LogP) is 7.46. The van der Waals surface area contributed by atoms with Crippen LogP contribution in [0.25, 0.3) is 0 Å². The second-order valence-electron chi connectivity index (χ2n) is 8.33. The van der Waals surface area contributed by atoms with E-state index in [0.29, 0.717) is 12.1 Å². The lowest BCUT2D eigenvalue weighted by Crippen LogP contribution is -2.18. The summed E-state index contributed by atoms with van der Waals surface area (Å²) in [5, 5.41) is 25.0. The third-order valence-corrected chi connectivity index (χ3v) is 5.40. The molecule has 0 aliphatic heterocycles. The minimum atomic E-state index is -4.93. The monoisotopic (exact) mass is 628 g/mol. The SMILES string of the molecule is O=C(Nc1ccc([N+](=O)[O-])cc1C(F)(F)F)c1ccccc1F.O=C(Nc1ccc([N+](=O)[O-])cc1C(F)(F)F)c1ccco1. The van der Waals surface area contributed by atoms with Crippen LogP contribution in [0.3, 0.4) is 0 Å². The van der Waals surface area contributed by atoms with Gasteiger partial charge in [-0.15, -0.1) is 0 Å². The molecule has 0 saturated heterocycles. The van der Waals surface area contributed by atoms with Crippen LogP contribution in [0, 0.1) is 26.0 Å². The molecule has 230 valence electrons. The highest BCUT2D eigenvalue weighted by atomic mass is 19.4. The standard InChI is InChI=1S/C14H8F4N2O3.C12H7F3N2O4/c15-11-4-2-1-3-9(11)13(21)19-12-6-5-8(20(22)23)7-10(12)14(16,17)18;13-12(14,15)8-6-7(17(19)20)3-4-9(8)16-11(18)10-2-1-5-21-10/h1-7H,(H,19,21);1-6H,(H,16,18). The van der Waals surface area contributed by atoms with Gasteiger partial charge in [0, 0.05) is 24.3 Å². The molecule has 4 rings (SSSR count). The molecule has 0 unspecified atom stereocenters. The first kappa shape index (κ1) is 32.7. The summed E-state index contributed by atoms with van der Waals surface area (Å²) in [7, 11) is 0. The van der Waals surface area contributed by atoms with Gasteiger partial charge < -0.3 is 15.1 Å². The fourth-order valence-electron chi connectivity index (χ4n) is 3.41. The number of rotatable bonds is 6. The molecule has 0 bridgehead atoms. The van der Waals surface area contributed by atoms with Crippen molar-refractivity contribution in [2.75, 3.05) is 10.6 Å². The number of furan rings is 1. The van der Waals surface area contributed by atoms with Crippen LogP contribution in [0.2, 0.25) is 0 Å². The van der Waals surface area contributed by atoms with E-state index >= 15 is 0 Å². The van der Waals surface area contributed by atoms with Gasteiger partial charge in [0.25, 0.3) is 23.2 Å². The third-order valence-electron chi connectivity index (χ3n) is 5.40. The molecule has 11 nitrogen and oxygen atoms in total. The molecule has 2 amide bonds. The second-order valence-corrected chi connectivity index (χ2v) is 8.33. The number of halogens is 7. The number of hydrogen-bond acceptors (Lipinski definition) is 7. The van der Waals surface area contributed by atoms with Crippen molar-refractivity contribution in [1.82, 2.24) is 0 Å². The molecule has 0 spiro atoms. The number of benzene rings is 3. The van der Waals surface area contributed by atoms with Gasteiger partial charge in [-0.3, -0.25) is 29.8 Å². The highest BCUT2D eigenvalue weighted by molar-refractivity contribution is 6.05. The Morgan fingerprint density at radius 2 is 1.16 bits per heavy atom. The maximum absolute atomic E-state index is 13.5. The number of hydrogen-bond donors (Lipinski definition) is 2. The van der Waals surface area contributed by atoms with Crippen LogP contribution in [0.5, 0.6) is 0 Å². The Hall–Kier alpha value is -5.81. The van der Waals surface area contributed by atoms with Gasteiger partial charge >= 0.3 is 12.4 Å². The number of nitro groups is 2. The van der Waals surface area contributed by atoms with Gasteiger partial charge in [0.1, 0.15) is 5.82 Å². The molecule has 1 heterocycles. The second kappa shape index (κ2) is 13.0. The maximum Gasteiger partial charge on any atom is 0.418 e. The molecule has 0 atom stereocenters. The van der Waals surface area contributed by atoms with Crippen molar-refractivity contribution in [2.45, 2.75) is 12.4 Å². The van der Waals surface area contributed by atoms with E-state index in [1.54, 1.807) is 0 Å². The van der Waals surface area contributed by atoms with Crippen LogP contribution in [0.15, 0.2) is 83.5 Å². The zero-order chi connectivity index (χ0) is 32.8. The Morgan fingerprint density at radius 1 is 0.682 bits per heavy atom. The van der Waals surface area contributed by atoms with Crippen molar-refractivity contribution in [1.29, 1.82) is 0 Å². The molecular formula is C26H15F7N4O7. The lowest BCUT2D eigenvalue weighted by atomic mass is 10.1. The van der Waals surface area contributed by atoms with Gasteiger partial charge in [0.05, 0.1) is 44.2 Å². The summed E-state index contributed by atoms with van der Waals surface area (Å²) < 4.78 is 95.8. The maximum atomic E-state index is 13.5. The third kappa shape index (κ3) is 8.14. The topological polar surface area (TPSA) is 158 Å². The summed E-state index contributed by atoms with van der Waals surface area (Å²) in [6.07, 6.45) is -8.59. The molecule has 44 heavy (non-hydrogen) atoms. The molecule has 2 N–H and O–H groups in total. The summed E-state index contributed by atoms with van der Waals surface area (Å²) in [5.41, 5.74) is -5.93. The average molecular weight is 628 g/mol. The van der Waals surface area contributed by atoms with Gasteiger partial charge in [-0.1, -0.05) is 12.1 Å². The summed E-state index contributed by atoms with van der Waals surface area (Å²) in [5.74, 6) is -3.07. The van der Waals surface area contributed by atoms with Crippen LogP contribution < -0.4 is 10.6 Å². The molecule has 0 radical (unpaired) electrons. The summed E-state index contributed by atoms with van der Waals surface area (Å²) in [6.45, 7) is 0. The minimum absolute atomic E-state index is 0.179. The first-order chi connectivity index (χ1) is 20.5. The normalized spacial score (nSPS) is 11.2. The van der Waals surface area contributed by atoms with E-state index in [0.717, 1.165) is 36.4 Å². The van der Waals surface area contributed by atoms with Gasteiger partial charge in [0.2, 0.25) is 0 Å². The van der Waals surface area contributed by atoms with Gasteiger partial charge in [-0.25, -0.2) is 4.39 Å². The first-order valence-corrected chi connectivity index (χ1v) is 11.6. The molecule has 18 heteroatoms. The van der Waals surface area contributed by atoms with Crippen LogP contribution in [0.4, 0.5) is 53.5 Å². The van der Waals surface area contributed by atoms with E-state index < -0.39 is 79.3 Å². The number of carbonyl (C=O) groups excluding carboxylic acids is 2. The van der Waals surface area contributed by atoms with Crippen molar-refractivity contribution >= 4 is 34.6 Å². The first-order valence-electron chi connectivity index (χ1n) is 11.6. The lowest BCUT2D eigenvalue weighted by Gasteiger charge is -2.13. The summed E-state index contributed by atoms with van der Waals surface area (Å²) in [4.78, 5) is 42.7. The lowest BCUT2D eigenvalue weighted by molar-refractivity contribution is -0.385. The molecule has 3 aromatic carbocycles. The van der Waals surface area contributed by atoms with E-state index in [1.807, 2.05) is 10.6 Å².